The van der Waals surface area contributed by atoms with Crippen molar-refractivity contribution in [1.82, 2.24) is 9.97 Å². The van der Waals surface area contributed by atoms with Crippen LogP contribution in [0.4, 0.5) is 0 Å². The molecule has 0 unspecified atom stereocenters. The fraction of sp³-hybridized carbons (Fsp3) is 0.235. The lowest BCUT2D eigenvalue weighted by Crippen LogP contribution is -2.14. The van der Waals surface area contributed by atoms with Gasteiger partial charge in [0, 0.05) is 0 Å². The summed E-state index contributed by atoms with van der Waals surface area (Å²) in [6, 6.07) is 9.35. The van der Waals surface area contributed by atoms with Crippen LogP contribution in [-0.2, 0) is 16.1 Å². The Labute approximate surface area is 142 Å². The summed E-state index contributed by atoms with van der Waals surface area (Å²) in [5.41, 5.74) is 1.53. The Morgan fingerprint density at radius 1 is 1.25 bits per heavy atom. The second-order valence-corrected chi connectivity index (χ2v) is 6.14. The highest BCUT2D eigenvalue weighted by Crippen LogP contribution is 2.14. The molecular formula is C17H16N2O4S. The average Bonchev–Trinajstić information content (AvgIpc) is 3.04. The van der Waals surface area contributed by atoms with Crippen LogP contribution in [0.25, 0.3) is 10.2 Å². The third-order valence-electron chi connectivity index (χ3n) is 3.33. The average molecular weight is 344 g/mol. The molecule has 0 bridgehead atoms. The Bertz CT molecular complexity index is 899. The summed E-state index contributed by atoms with van der Waals surface area (Å²) in [6.45, 7) is 2.16. The van der Waals surface area contributed by atoms with Crippen LogP contribution in [-0.4, -0.2) is 22.5 Å². The number of aromatic amines is 1. The molecule has 0 fully saturated rings. The van der Waals surface area contributed by atoms with Gasteiger partial charge in [-0.05, 0) is 30.5 Å². The molecule has 3 rings (SSSR count). The van der Waals surface area contributed by atoms with Crippen molar-refractivity contribution in [2.24, 2.45) is 0 Å². The van der Waals surface area contributed by atoms with Crippen LogP contribution in [0.15, 0.2) is 40.5 Å². The van der Waals surface area contributed by atoms with Gasteiger partial charge in [0.1, 0.15) is 22.9 Å². The molecule has 0 aliphatic carbocycles. The highest BCUT2D eigenvalue weighted by Gasteiger charge is 2.08. The summed E-state index contributed by atoms with van der Waals surface area (Å²) in [4.78, 5) is 30.4. The lowest BCUT2D eigenvalue weighted by Gasteiger charge is -2.07. The fourth-order valence-electron chi connectivity index (χ4n) is 2.10. The van der Waals surface area contributed by atoms with Crippen LogP contribution in [0.2, 0.25) is 0 Å². The number of nitrogens with one attached hydrogen (secondary N) is 1. The Kier molecular flexibility index (Phi) is 4.90. The Balaban J connectivity index is 1.48. The van der Waals surface area contributed by atoms with E-state index in [9.17, 15) is 9.59 Å². The second kappa shape index (κ2) is 7.27. The summed E-state index contributed by atoms with van der Waals surface area (Å²) >= 11 is 1.33. The minimum Gasteiger partial charge on any atom is -0.493 e. The number of hydrogen-bond acceptors (Lipinski definition) is 6. The highest BCUT2D eigenvalue weighted by molar-refractivity contribution is 7.17. The number of fused-ring (bicyclic) bond motifs is 1. The predicted molar refractivity (Wildman–Crippen MR) is 91.3 cm³/mol. The van der Waals surface area contributed by atoms with Crippen molar-refractivity contribution in [2.75, 3.05) is 6.61 Å². The lowest BCUT2D eigenvalue weighted by atomic mass is 10.2. The second-order valence-electron chi connectivity index (χ2n) is 5.22. The molecule has 0 spiro atoms. The molecule has 0 atom stereocenters. The monoisotopic (exact) mass is 344 g/mol. The van der Waals surface area contributed by atoms with Crippen molar-refractivity contribution in [2.45, 2.75) is 20.0 Å². The molecule has 0 radical (unpaired) electrons. The number of benzene rings is 1. The number of hydrogen-bond donors (Lipinski definition) is 1. The number of ether oxygens (including phenoxy) is 2. The first-order chi connectivity index (χ1) is 11.6. The number of nitrogens with zero attached hydrogens (tertiary/aromatic N) is 1. The van der Waals surface area contributed by atoms with Gasteiger partial charge in [-0.15, -0.1) is 11.3 Å². The molecule has 0 aliphatic heterocycles. The van der Waals surface area contributed by atoms with Gasteiger partial charge < -0.3 is 14.5 Å². The van der Waals surface area contributed by atoms with Crippen molar-refractivity contribution in [1.29, 1.82) is 0 Å². The smallest absolute Gasteiger partial charge is 0.309 e. The normalized spacial score (nSPS) is 10.7. The van der Waals surface area contributed by atoms with Gasteiger partial charge in [-0.25, -0.2) is 4.98 Å². The minimum absolute atomic E-state index is 0.0651. The number of aryl methyl sites for hydroxylation is 1. The van der Waals surface area contributed by atoms with E-state index in [4.69, 9.17) is 9.47 Å². The first kappa shape index (κ1) is 16.2. The maximum Gasteiger partial charge on any atom is 0.309 e. The van der Waals surface area contributed by atoms with Crippen LogP contribution in [0.5, 0.6) is 5.75 Å². The number of thiophene rings is 1. The molecule has 1 N–H and O–H groups in total. The number of aromatic nitrogens is 2. The van der Waals surface area contributed by atoms with E-state index in [-0.39, 0.29) is 25.2 Å². The van der Waals surface area contributed by atoms with Crippen LogP contribution < -0.4 is 10.3 Å². The molecule has 24 heavy (non-hydrogen) atoms. The summed E-state index contributed by atoms with van der Waals surface area (Å²) in [6.07, 6.45) is 0.124. The first-order valence-corrected chi connectivity index (χ1v) is 8.31. The van der Waals surface area contributed by atoms with Crippen LogP contribution in [0.3, 0.4) is 0 Å². The van der Waals surface area contributed by atoms with Gasteiger partial charge in [0.2, 0.25) is 0 Å². The van der Waals surface area contributed by atoms with E-state index in [0.717, 1.165) is 5.56 Å². The van der Waals surface area contributed by atoms with E-state index in [1.54, 1.807) is 11.4 Å². The summed E-state index contributed by atoms with van der Waals surface area (Å²) in [5.74, 6) is 0.635. The molecular weight excluding hydrogens is 328 g/mol. The third kappa shape index (κ3) is 3.99. The van der Waals surface area contributed by atoms with E-state index in [0.29, 0.717) is 21.8 Å². The van der Waals surface area contributed by atoms with Crippen molar-refractivity contribution in [3.8, 4) is 5.75 Å². The zero-order chi connectivity index (χ0) is 16.9. The quantitative estimate of drug-likeness (QED) is 0.696. The standard InChI is InChI=1S/C17H16N2O4S/c1-11-2-4-12(5-3-11)22-8-6-15(20)23-10-14-18-13-7-9-24-16(13)17(21)19-14/h2-5,7,9H,6,8,10H2,1H3,(H,18,19,21). The van der Waals surface area contributed by atoms with Crippen molar-refractivity contribution in [3.05, 3.63) is 57.5 Å². The number of carbonyl (C=O) groups excluding carboxylic acids is 1. The molecule has 0 amide bonds. The molecule has 1 aromatic carbocycles. The lowest BCUT2D eigenvalue weighted by molar-refractivity contribution is -0.145. The van der Waals surface area contributed by atoms with E-state index in [1.807, 2.05) is 31.2 Å². The first-order valence-electron chi connectivity index (χ1n) is 7.43. The number of rotatable bonds is 6. The maximum atomic E-state index is 11.8. The SMILES string of the molecule is Cc1ccc(OCCC(=O)OCc2nc3ccsc3c(=O)[nH]2)cc1. The molecule has 6 nitrogen and oxygen atoms in total. The third-order valence-corrected chi connectivity index (χ3v) is 4.23. The summed E-state index contributed by atoms with van der Waals surface area (Å²) < 4.78 is 11.2. The van der Waals surface area contributed by atoms with Gasteiger partial charge in [-0.1, -0.05) is 17.7 Å². The van der Waals surface area contributed by atoms with Gasteiger partial charge in [0.25, 0.3) is 5.56 Å². The number of H-pyrrole nitrogens is 1. The van der Waals surface area contributed by atoms with Crippen molar-refractivity contribution in [3.63, 3.8) is 0 Å². The molecule has 0 aliphatic rings. The van der Waals surface area contributed by atoms with Crippen LogP contribution in [0.1, 0.15) is 17.8 Å². The van der Waals surface area contributed by atoms with Crippen molar-refractivity contribution >= 4 is 27.5 Å². The van der Waals surface area contributed by atoms with Crippen LogP contribution >= 0.6 is 11.3 Å². The van der Waals surface area contributed by atoms with Gasteiger partial charge in [-0.3, -0.25) is 9.59 Å². The summed E-state index contributed by atoms with van der Waals surface area (Å²) in [5, 5.41) is 1.80. The number of esters is 1. The highest BCUT2D eigenvalue weighted by atomic mass is 32.1. The molecule has 124 valence electrons. The van der Waals surface area contributed by atoms with Gasteiger partial charge in [0.15, 0.2) is 0 Å². The Hall–Kier alpha value is -2.67. The van der Waals surface area contributed by atoms with Crippen molar-refractivity contribution < 1.29 is 14.3 Å². The largest absolute Gasteiger partial charge is 0.493 e. The molecule has 2 heterocycles. The fourth-order valence-corrected chi connectivity index (χ4v) is 2.82. The molecule has 0 saturated carbocycles. The molecule has 0 saturated heterocycles. The molecule has 3 aromatic rings. The topological polar surface area (TPSA) is 81.3 Å². The van der Waals surface area contributed by atoms with E-state index in [1.165, 1.54) is 11.3 Å². The Morgan fingerprint density at radius 3 is 2.83 bits per heavy atom. The van der Waals surface area contributed by atoms with Gasteiger partial charge in [-0.2, -0.15) is 0 Å². The predicted octanol–water partition coefficient (Wildman–Crippen LogP) is 2.81. The minimum atomic E-state index is -0.407. The molecule has 7 heteroatoms. The maximum absolute atomic E-state index is 11.8. The van der Waals surface area contributed by atoms with Gasteiger partial charge in [0.05, 0.1) is 18.5 Å². The van der Waals surface area contributed by atoms with Crippen LogP contribution in [0, 0.1) is 6.92 Å². The summed E-state index contributed by atoms with van der Waals surface area (Å²) in [7, 11) is 0. The van der Waals surface area contributed by atoms with E-state index >= 15 is 0 Å². The molecule has 2 aromatic heterocycles. The van der Waals surface area contributed by atoms with E-state index in [2.05, 4.69) is 9.97 Å². The zero-order valence-corrected chi connectivity index (χ0v) is 13.9. The number of carbonyl (C=O) groups is 1. The van der Waals surface area contributed by atoms with E-state index < -0.39 is 5.97 Å². The van der Waals surface area contributed by atoms with Gasteiger partial charge >= 0.3 is 5.97 Å². The Morgan fingerprint density at radius 2 is 2.04 bits per heavy atom. The zero-order valence-electron chi connectivity index (χ0n) is 13.1.